The Balaban J connectivity index is 2.13. The third-order valence-corrected chi connectivity index (χ3v) is 4.26. The summed E-state index contributed by atoms with van der Waals surface area (Å²) in [5.41, 5.74) is 1.99. The molecule has 0 spiro atoms. The van der Waals surface area contributed by atoms with E-state index in [0.29, 0.717) is 13.0 Å². The highest BCUT2D eigenvalue weighted by Gasteiger charge is 2.24. The summed E-state index contributed by atoms with van der Waals surface area (Å²) in [4.78, 5) is 27.9. The minimum Gasteiger partial charge on any atom is -0.449 e. The van der Waals surface area contributed by atoms with Crippen LogP contribution in [-0.4, -0.2) is 35.7 Å². The van der Waals surface area contributed by atoms with E-state index in [9.17, 15) is 9.59 Å². The number of H-pyrrole nitrogens is 1. The minimum atomic E-state index is -0.692. The Morgan fingerprint density at radius 3 is 2.58 bits per heavy atom. The second-order valence-corrected chi connectivity index (χ2v) is 7.07. The molecule has 1 aromatic heterocycles. The summed E-state index contributed by atoms with van der Waals surface area (Å²) in [6.45, 7) is 8.19. The van der Waals surface area contributed by atoms with Crippen molar-refractivity contribution in [3.05, 3.63) is 36.0 Å². The molecule has 6 nitrogen and oxygen atoms in total. The summed E-state index contributed by atoms with van der Waals surface area (Å²) in [5.74, 6) is 0.0351. The smallest absolute Gasteiger partial charge is 0.407 e. The Bertz CT molecular complexity index is 739. The maximum Gasteiger partial charge on any atom is 0.407 e. The van der Waals surface area contributed by atoms with E-state index in [0.717, 1.165) is 22.9 Å². The zero-order chi connectivity index (χ0) is 19.1. The molecule has 3 N–H and O–H groups in total. The second kappa shape index (κ2) is 9.27. The van der Waals surface area contributed by atoms with Gasteiger partial charge in [0.05, 0.1) is 6.61 Å². The molecule has 6 heteroatoms. The third kappa shape index (κ3) is 5.51. The number of amides is 2. The van der Waals surface area contributed by atoms with E-state index < -0.39 is 12.1 Å². The topological polar surface area (TPSA) is 83.2 Å². The number of alkyl carbamates (subject to hydrolysis) is 1. The molecule has 0 radical (unpaired) electrons. The van der Waals surface area contributed by atoms with E-state index in [-0.39, 0.29) is 17.9 Å². The zero-order valence-corrected chi connectivity index (χ0v) is 16.0. The number of carbonyl (C=O) groups is 2. The second-order valence-electron chi connectivity index (χ2n) is 7.07. The monoisotopic (exact) mass is 359 g/mol. The minimum absolute atomic E-state index is 0.0430. The molecule has 0 saturated heterocycles. The fourth-order valence-electron chi connectivity index (χ4n) is 2.60. The van der Waals surface area contributed by atoms with Crippen molar-refractivity contribution in [1.82, 2.24) is 15.6 Å². The highest BCUT2D eigenvalue weighted by Crippen LogP contribution is 2.19. The highest BCUT2D eigenvalue weighted by molar-refractivity contribution is 5.88. The summed E-state index contributed by atoms with van der Waals surface area (Å²) in [6, 6.07) is 7.25. The van der Waals surface area contributed by atoms with Crippen LogP contribution in [0.4, 0.5) is 4.79 Å². The lowest BCUT2D eigenvalue weighted by molar-refractivity contribution is -0.123. The average Bonchev–Trinajstić information content (AvgIpc) is 3.02. The number of rotatable bonds is 8. The van der Waals surface area contributed by atoms with Gasteiger partial charge in [-0.3, -0.25) is 4.79 Å². The Morgan fingerprint density at radius 2 is 1.88 bits per heavy atom. The van der Waals surface area contributed by atoms with Crippen molar-refractivity contribution in [3.8, 4) is 0 Å². The van der Waals surface area contributed by atoms with Crippen LogP contribution >= 0.6 is 0 Å². The number of hydrogen-bond acceptors (Lipinski definition) is 3. The number of ether oxygens (including phenoxy) is 1. The van der Waals surface area contributed by atoms with Gasteiger partial charge < -0.3 is 20.4 Å². The molecule has 2 rings (SSSR count). The van der Waals surface area contributed by atoms with Crippen LogP contribution in [0.2, 0.25) is 0 Å². The van der Waals surface area contributed by atoms with Gasteiger partial charge in [0.1, 0.15) is 6.04 Å². The van der Waals surface area contributed by atoms with Crippen LogP contribution in [0.25, 0.3) is 10.9 Å². The fourth-order valence-corrected chi connectivity index (χ4v) is 2.60. The molecular formula is C20H29N3O3. The molecule has 26 heavy (non-hydrogen) atoms. The van der Waals surface area contributed by atoms with Crippen LogP contribution in [0, 0.1) is 5.92 Å². The van der Waals surface area contributed by atoms with Crippen molar-refractivity contribution in [3.63, 3.8) is 0 Å². The summed E-state index contributed by atoms with van der Waals surface area (Å²) >= 11 is 0. The molecule has 0 aliphatic carbocycles. The Morgan fingerprint density at radius 1 is 1.15 bits per heavy atom. The van der Waals surface area contributed by atoms with Crippen LogP contribution in [-0.2, 0) is 16.0 Å². The fraction of sp³-hybridized carbons (Fsp3) is 0.500. The molecule has 2 aromatic rings. The van der Waals surface area contributed by atoms with E-state index in [1.165, 1.54) is 0 Å². The standard InChI is InChI=1S/C20H29N3O3/c1-5-14(4)22-19(24)18(23-20(25)26-12-13(2)3)10-15-11-21-17-9-7-6-8-16(15)17/h6-9,11,13-14,18,21H,5,10,12H2,1-4H3,(H,22,24)(H,23,25)/t14-,18+/m1/s1. The molecule has 0 aliphatic heterocycles. The molecular weight excluding hydrogens is 330 g/mol. The van der Waals surface area contributed by atoms with Crippen molar-refractivity contribution < 1.29 is 14.3 Å². The molecule has 1 heterocycles. The normalized spacial score (nSPS) is 13.4. The predicted molar refractivity (Wildman–Crippen MR) is 103 cm³/mol. The maximum atomic E-state index is 12.7. The summed E-state index contributed by atoms with van der Waals surface area (Å²) in [5, 5.41) is 6.71. The molecule has 2 atom stereocenters. The Labute approximate surface area is 154 Å². The molecule has 0 bridgehead atoms. The van der Waals surface area contributed by atoms with Crippen LogP contribution in [0.1, 0.15) is 39.7 Å². The number of carbonyl (C=O) groups excluding carboxylic acids is 2. The van der Waals surface area contributed by atoms with Gasteiger partial charge in [0.25, 0.3) is 0 Å². The van der Waals surface area contributed by atoms with Gasteiger partial charge >= 0.3 is 6.09 Å². The van der Waals surface area contributed by atoms with Gasteiger partial charge in [0.15, 0.2) is 0 Å². The van der Waals surface area contributed by atoms with E-state index in [2.05, 4.69) is 15.6 Å². The van der Waals surface area contributed by atoms with Crippen molar-refractivity contribution in [2.75, 3.05) is 6.61 Å². The predicted octanol–water partition coefficient (Wildman–Crippen LogP) is 3.38. The molecule has 0 saturated carbocycles. The first-order valence-corrected chi connectivity index (χ1v) is 9.19. The van der Waals surface area contributed by atoms with Crippen LogP contribution in [0.15, 0.2) is 30.5 Å². The summed E-state index contributed by atoms with van der Waals surface area (Å²) in [7, 11) is 0. The van der Waals surface area contributed by atoms with E-state index in [4.69, 9.17) is 4.74 Å². The van der Waals surface area contributed by atoms with Crippen LogP contribution in [0.5, 0.6) is 0 Å². The number of hydrogen-bond donors (Lipinski definition) is 3. The molecule has 0 fully saturated rings. The van der Waals surface area contributed by atoms with Gasteiger partial charge in [-0.25, -0.2) is 4.79 Å². The van der Waals surface area contributed by atoms with Gasteiger partial charge in [0.2, 0.25) is 5.91 Å². The van der Waals surface area contributed by atoms with Gasteiger partial charge in [-0.15, -0.1) is 0 Å². The summed E-state index contributed by atoms with van der Waals surface area (Å²) in [6.07, 6.45) is 2.53. The Kier molecular flexibility index (Phi) is 7.06. The van der Waals surface area contributed by atoms with Gasteiger partial charge in [-0.2, -0.15) is 0 Å². The van der Waals surface area contributed by atoms with E-state index in [1.807, 2.05) is 58.2 Å². The molecule has 1 aromatic carbocycles. The molecule has 0 aliphatic rings. The summed E-state index contributed by atoms with van der Waals surface area (Å²) < 4.78 is 5.18. The number of para-hydroxylation sites is 1. The Hall–Kier alpha value is -2.50. The van der Waals surface area contributed by atoms with Gasteiger partial charge in [-0.05, 0) is 30.9 Å². The first kappa shape index (κ1) is 19.8. The average molecular weight is 359 g/mol. The van der Waals surface area contributed by atoms with Crippen molar-refractivity contribution >= 4 is 22.9 Å². The SMILES string of the molecule is CC[C@@H](C)NC(=O)[C@H](Cc1c[nH]c2ccccc12)NC(=O)OCC(C)C. The highest BCUT2D eigenvalue weighted by atomic mass is 16.5. The number of fused-ring (bicyclic) bond motifs is 1. The van der Waals surface area contributed by atoms with Crippen LogP contribution in [0.3, 0.4) is 0 Å². The van der Waals surface area contributed by atoms with Crippen LogP contribution < -0.4 is 10.6 Å². The first-order chi connectivity index (χ1) is 12.4. The number of nitrogens with one attached hydrogen (secondary N) is 3. The van der Waals surface area contributed by atoms with Gasteiger partial charge in [0, 0.05) is 29.6 Å². The van der Waals surface area contributed by atoms with E-state index >= 15 is 0 Å². The van der Waals surface area contributed by atoms with Crippen molar-refractivity contribution in [1.29, 1.82) is 0 Å². The van der Waals surface area contributed by atoms with Crippen molar-refractivity contribution in [2.45, 2.75) is 52.6 Å². The number of benzene rings is 1. The lowest BCUT2D eigenvalue weighted by atomic mass is 10.0. The third-order valence-electron chi connectivity index (χ3n) is 4.26. The quantitative estimate of drug-likeness (QED) is 0.676. The first-order valence-electron chi connectivity index (χ1n) is 9.19. The van der Waals surface area contributed by atoms with Gasteiger partial charge in [-0.1, -0.05) is 39.0 Å². The lowest BCUT2D eigenvalue weighted by Gasteiger charge is -2.21. The largest absolute Gasteiger partial charge is 0.449 e. The van der Waals surface area contributed by atoms with Crippen molar-refractivity contribution in [2.24, 2.45) is 5.92 Å². The van der Waals surface area contributed by atoms with E-state index in [1.54, 1.807) is 0 Å². The molecule has 142 valence electrons. The molecule has 2 amide bonds. The number of aromatic amines is 1. The lowest BCUT2D eigenvalue weighted by Crippen LogP contribution is -2.50. The zero-order valence-electron chi connectivity index (χ0n) is 16.0. The number of aromatic nitrogens is 1. The maximum absolute atomic E-state index is 12.7. The molecule has 0 unspecified atom stereocenters.